The molecule has 1 aromatic heterocycles. The molecule has 0 aromatic carbocycles. The van der Waals surface area contributed by atoms with Gasteiger partial charge in [-0.3, -0.25) is 9.88 Å². The van der Waals surface area contributed by atoms with Crippen LogP contribution < -0.4 is 5.32 Å². The van der Waals surface area contributed by atoms with Crippen molar-refractivity contribution in [3.8, 4) is 0 Å². The van der Waals surface area contributed by atoms with Crippen LogP contribution in [0.2, 0.25) is 0 Å². The number of pyridine rings is 1. The average Bonchev–Trinajstić information content (AvgIpc) is 2.40. The summed E-state index contributed by atoms with van der Waals surface area (Å²) in [6.45, 7) is 14.3. The zero-order valence-electron chi connectivity index (χ0n) is 14.4. The van der Waals surface area contributed by atoms with Gasteiger partial charge in [0, 0.05) is 37.5 Å². The Hall–Kier alpha value is -0.970. The second-order valence-corrected chi connectivity index (χ2v) is 6.57. The lowest BCUT2D eigenvalue weighted by Crippen LogP contribution is -2.49. The Bertz CT molecular complexity index is 415. The summed E-state index contributed by atoms with van der Waals surface area (Å²) in [5, 5.41) is 3.58. The molecule has 4 nitrogen and oxygen atoms in total. The molecule has 21 heavy (non-hydrogen) atoms. The molecule has 0 amide bonds. The van der Waals surface area contributed by atoms with Gasteiger partial charge in [-0.1, -0.05) is 13.0 Å². The summed E-state index contributed by atoms with van der Waals surface area (Å²) in [4.78, 5) is 7.03. The first kappa shape index (κ1) is 18.1. The Kier molecular flexibility index (Phi) is 7.29. The molecule has 0 aliphatic carbocycles. The smallest absolute Gasteiger partial charge is 0.0630 e. The molecule has 0 aliphatic rings. The number of hydrogen-bond donors (Lipinski definition) is 1. The number of methoxy groups -OCH3 is 1. The minimum atomic E-state index is 0.118. The van der Waals surface area contributed by atoms with Crippen molar-refractivity contribution in [3.05, 3.63) is 29.6 Å². The van der Waals surface area contributed by atoms with Crippen LogP contribution in [-0.4, -0.2) is 48.3 Å². The maximum Gasteiger partial charge on any atom is 0.0630 e. The third kappa shape index (κ3) is 7.02. The molecule has 0 bridgehead atoms. The minimum Gasteiger partial charge on any atom is -0.383 e. The zero-order chi connectivity index (χ0) is 15.9. The van der Waals surface area contributed by atoms with Crippen LogP contribution in [0, 0.1) is 6.92 Å². The summed E-state index contributed by atoms with van der Waals surface area (Å²) in [6, 6.07) is 6.55. The van der Waals surface area contributed by atoms with Crippen molar-refractivity contribution >= 4 is 0 Å². The van der Waals surface area contributed by atoms with Crippen molar-refractivity contribution in [2.45, 2.75) is 52.7 Å². The first-order valence-corrected chi connectivity index (χ1v) is 7.76. The first-order valence-electron chi connectivity index (χ1n) is 7.76. The number of rotatable bonds is 8. The van der Waals surface area contributed by atoms with Gasteiger partial charge in [0.2, 0.25) is 0 Å². The molecular weight excluding hydrogens is 262 g/mol. The third-order valence-corrected chi connectivity index (χ3v) is 3.46. The Morgan fingerprint density at radius 3 is 2.57 bits per heavy atom. The largest absolute Gasteiger partial charge is 0.383 e. The van der Waals surface area contributed by atoms with Crippen LogP contribution in [0.15, 0.2) is 18.2 Å². The van der Waals surface area contributed by atoms with Crippen LogP contribution in [0.3, 0.4) is 0 Å². The van der Waals surface area contributed by atoms with E-state index in [0.717, 1.165) is 37.6 Å². The fourth-order valence-corrected chi connectivity index (χ4v) is 2.30. The standard InChI is InChI=1S/C17H31N3O/c1-7-20(12-15-10-8-9-14(2)19-15)16(13-21-6)11-18-17(3,4)5/h8-10,16,18H,7,11-13H2,1-6H3. The molecule has 0 saturated heterocycles. The molecule has 1 rings (SSSR count). The molecule has 0 radical (unpaired) electrons. The van der Waals surface area contributed by atoms with Gasteiger partial charge in [-0.15, -0.1) is 0 Å². The van der Waals surface area contributed by atoms with E-state index in [0.29, 0.717) is 6.04 Å². The van der Waals surface area contributed by atoms with E-state index in [4.69, 9.17) is 4.74 Å². The van der Waals surface area contributed by atoms with Crippen LogP contribution in [0.5, 0.6) is 0 Å². The Balaban J connectivity index is 2.72. The predicted octanol–water partition coefficient (Wildman–Crippen LogP) is 2.62. The van der Waals surface area contributed by atoms with Crippen LogP contribution in [0.25, 0.3) is 0 Å². The monoisotopic (exact) mass is 293 g/mol. The van der Waals surface area contributed by atoms with Gasteiger partial charge in [0.05, 0.1) is 12.3 Å². The van der Waals surface area contributed by atoms with E-state index in [1.165, 1.54) is 0 Å². The Morgan fingerprint density at radius 2 is 2.05 bits per heavy atom. The van der Waals surface area contributed by atoms with Crippen molar-refractivity contribution < 1.29 is 4.74 Å². The molecule has 0 spiro atoms. The quantitative estimate of drug-likeness (QED) is 0.799. The molecule has 0 saturated carbocycles. The van der Waals surface area contributed by atoms with Crippen LogP contribution in [0.4, 0.5) is 0 Å². The summed E-state index contributed by atoms with van der Waals surface area (Å²) in [6.07, 6.45) is 0. The van der Waals surface area contributed by atoms with Crippen molar-refractivity contribution in [2.24, 2.45) is 0 Å². The molecule has 1 N–H and O–H groups in total. The second-order valence-electron chi connectivity index (χ2n) is 6.57. The molecular formula is C17H31N3O. The molecule has 120 valence electrons. The topological polar surface area (TPSA) is 37.4 Å². The Labute approximate surface area is 129 Å². The molecule has 1 unspecified atom stereocenters. The first-order chi connectivity index (χ1) is 9.85. The number of aromatic nitrogens is 1. The lowest BCUT2D eigenvalue weighted by Gasteiger charge is -2.33. The maximum absolute atomic E-state index is 5.41. The molecule has 1 atom stereocenters. The molecule has 1 heterocycles. The number of nitrogens with zero attached hydrogens (tertiary/aromatic N) is 2. The van der Waals surface area contributed by atoms with Gasteiger partial charge in [0.25, 0.3) is 0 Å². The Morgan fingerprint density at radius 1 is 1.33 bits per heavy atom. The van der Waals surface area contributed by atoms with Crippen LogP contribution >= 0.6 is 0 Å². The van der Waals surface area contributed by atoms with E-state index in [2.05, 4.69) is 55.0 Å². The average molecular weight is 293 g/mol. The van der Waals surface area contributed by atoms with Gasteiger partial charge in [-0.25, -0.2) is 0 Å². The summed E-state index contributed by atoms with van der Waals surface area (Å²) in [5.74, 6) is 0. The summed E-state index contributed by atoms with van der Waals surface area (Å²) >= 11 is 0. The van der Waals surface area contributed by atoms with Crippen LogP contribution in [0.1, 0.15) is 39.1 Å². The van der Waals surface area contributed by atoms with Gasteiger partial charge in [0.15, 0.2) is 0 Å². The summed E-state index contributed by atoms with van der Waals surface area (Å²) < 4.78 is 5.41. The van der Waals surface area contributed by atoms with Crippen molar-refractivity contribution in [2.75, 3.05) is 26.8 Å². The second kappa shape index (κ2) is 8.47. The van der Waals surface area contributed by atoms with Crippen LogP contribution in [-0.2, 0) is 11.3 Å². The molecule has 0 aliphatic heterocycles. The highest BCUT2D eigenvalue weighted by Gasteiger charge is 2.20. The highest BCUT2D eigenvalue weighted by Crippen LogP contribution is 2.09. The normalized spacial score (nSPS) is 13.7. The molecule has 1 aromatic rings. The van der Waals surface area contributed by atoms with E-state index >= 15 is 0 Å². The number of aryl methyl sites for hydroxylation is 1. The predicted molar refractivity (Wildman–Crippen MR) is 88.5 cm³/mol. The SMILES string of the molecule is CCN(Cc1cccc(C)n1)C(CNC(C)(C)C)COC. The highest BCUT2D eigenvalue weighted by molar-refractivity contribution is 5.10. The number of nitrogens with one attached hydrogen (secondary N) is 1. The maximum atomic E-state index is 5.41. The molecule has 0 fully saturated rings. The van der Waals surface area contributed by atoms with E-state index < -0.39 is 0 Å². The number of likely N-dealkylation sites (N-methyl/N-ethyl adjacent to an activating group) is 1. The van der Waals surface area contributed by atoms with Gasteiger partial charge < -0.3 is 10.1 Å². The fourth-order valence-electron chi connectivity index (χ4n) is 2.30. The van der Waals surface area contributed by atoms with Gasteiger partial charge >= 0.3 is 0 Å². The van der Waals surface area contributed by atoms with Crippen molar-refractivity contribution in [1.82, 2.24) is 15.2 Å². The van der Waals surface area contributed by atoms with Crippen molar-refractivity contribution in [1.29, 1.82) is 0 Å². The van der Waals surface area contributed by atoms with Gasteiger partial charge in [0.1, 0.15) is 0 Å². The van der Waals surface area contributed by atoms with E-state index in [1.54, 1.807) is 7.11 Å². The summed E-state index contributed by atoms with van der Waals surface area (Å²) in [5.41, 5.74) is 2.31. The van der Waals surface area contributed by atoms with E-state index in [1.807, 2.05) is 13.0 Å². The van der Waals surface area contributed by atoms with E-state index in [-0.39, 0.29) is 5.54 Å². The lowest BCUT2D eigenvalue weighted by molar-refractivity contribution is 0.0832. The lowest BCUT2D eigenvalue weighted by atomic mass is 10.1. The number of hydrogen-bond acceptors (Lipinski definition) is 4. The fraction of sp³-hybridized carbons (Fsp3) is 0.706. The summed E-state index contributed by atoms with van der Waals surface area (Å²) in [7, 11) is 1.77. The molecule has 4 heteroatoms. The van der Waals surface area contributed by atoms with E-state index in [9.17, 15) is 0 Å². The number of ether oxygens (including phenoxy) is 1. The van der Waals surface area contributed by atoms with Gasteiger partial charge in [-0.05, 0) is 46.4 Å². The van der Waals surface area contributed by atoms with Gasteiger partial charge in [-0.2, -0.15) is 0 Å². The highest BCUT2D eigenvalue weighted by atomic mass is 16.5. The zero-order valence-corrected chi connectivity index (χ0v) is 14.4. The minimum absolute atomic E-state index is 0.118. The third-order valence-electron chi connectivity index (χ3n) is 3.46. The van der Waals surface area contributed by atoms with Crippen molar-refractivity contribution in [3.63, 3.8) is 0 Å².